The molecule has 7 heteroatoms. The second-order valence-electron chi connectivity index (χ2n) is 8.68. The van der Waals surface area contributed by atoms with Crippen LogP contribution in [0.1, 0.15) is 35.0 Å². The maximum Gasteiger partial charge on any atom is 0.257 e. The second kappa shape index (κ2) is 11.0. The molecule has 0 saturated carbocycles. The first kappa shape index (κ1) is 24.9. The smallest absolute Gasteiger partial charge is 0.257 e. The van der Waals surface area contributed by atoms with Crippen molar-refractivity contribution in [3.8, 4) is 16.8 Å². The number of nitrogens with one attached hydrogen (secondary N) is 1. The SMILES string of the molecule is CCCN(CC(=O)Nc1c(-c2ccccc2)c(C)nn1-c1ccc(C)cc1)C(=O)c1ccccc1F. The summed E-state index contributed by atoms with van der Waals surface area (Å²) in [5.41, 5.74) is 4.32. The summed E-state index contributed by atoms with van der Waals surface area (Å²) >= 11 is 0. The maximum atomic E-state index is 14.3. The van der Waals surface area contributed by atoms with E-state index in [0.29, 0.717) is 18.8 Å². The molecule has 0 unspecified atom stereocenters. The summed E-state index contributed by atoms with van der Waals surface area (Å²) in [5.74, 6) is -0.999. The number of aryl methyl sites for hydroxylation is 2. The Kier molecular flexibility index (Phi) is 7.59. The molecule has 1 N–H and O–H groups in total. The number of benzene rings is 3. The van der Waals surface area contributed by atoms with E-state index in [9.17, 15) is 14.0 Å². The van der Waals surface area contributed by atoms with Crippen molar-refractivity contribution < 1.29 is 14.0 Å². The van der Waals surface area contributed by atoms with Crippen molar-refractivity contribution in [1.29, 1.82) is 0 Å². The van der Waals surface area contributed by atoms with Gasteiger partial charge in [0.2, 0.25) is 5.91 Å². The number of rotatable bonds is 8. The van der Waals surface area contributed by atoms with E-state index in [1.54, 1.807) is 10.7 Å². The van der Waals surface area contributed by atoms with E-state index in [0.717, 1.165) is 28.1 Å². The Hall–Kier alpha value is -4.26. The van der Waals surface area contributed by atoms with Gasteiger partial charge in [0.15, 0.2) is 0 Å². The van der Waals surface area contributed by atoms with Gasteiger partial charge in [0.1, 0.15) is 18.2 Å². The Morgan fingerprint density at radius 1 is 0.944 bits per heavy atom. The van der Waals surface area contributed by atoms with Crippen LogP contribution in [0.5, 0.6) is 0 Å². The van der Waals surface area contributed by atoms with Crippen molar-refractivity contribution in [2.24, 2.45) is 0 Å². The molecule has 36 heavy (non-hydrogen) atoms. The van der Waals surface area contributed by atoms with Crippen molar-refractivity contribution in [2.75, 3.05) is 18.4 Å². The Morgan fingerprint density at radius 3 is 2.28 bits per heavy atom. The van der Waals surface area contributed by atoms with Crippen LogP contribution in [0.25, 0.3) is 16.8 Å². The quantitative estimate of drug-likeness (QED) is 0.344. The molecule has 3 aromatic carbocycles. The molecule has 4 aromatic rings. The highest BCUT2D eigenvalue weighted by Gasteiger charge is 2.24. The lowest BCUT2D eigenvalue weighted by atomic mass is 10.1. The molecule has 0 aliphatic heterocycles. The van der Waals surface area contributed by atoms with E-state index in [1.165, 1.54) is 23.1 Å². The summed E-state index contributed by atoms with van der Waals surface area (Å²) < 4.78 is 16.0. The van der Waals surface area contributed by atoms with Crippen LogP contribution in [0.15, 0.2) is 78.9 Å². The fourth-order valence-corrected chi connectivity index (χ4v) is 4.14. The molecule has 0 saturated heterocycles. The van der Waals surface area contributed by atoms with E-state index >= 15 is 0 Å². The molecule has 184 valence electrons. The molecule has 0 fully saturated rings. The van der Waals surface area contributed by atoms with Gasteiger partial charge in [-0.1, -0.05) is 67.1 Å². The lowest BCUT2D eigenvalue weighted by molar-refractivity contribution is -0.116. The van der Waals surface area contributed by atoms with Gasteiger partial charge < -0.3 is 10.2 Å². The topological polar surface area (TPSA) is 67.2 Å². The summed E-state index contributed by atoms with van der Waals surface area (Å²) in [6, 6.07) is 23.4. The van der Waals surface area contributed by atoms with E-state index in [4.69, 9.17) is 5.10 Å². The molecule has 1 aromatic heterocycles. The summed E-state index contributed by atoms with van der Waals surface area (Å²) in [7, 11) is 0. The Bertz CT molecular complexity index is 1360. The van der Waals surface area contributed by atoms with Gasteiger partial charge in [-0.05, 0) is 50.1 Å². The van der Waals surface area contributed by atoms with Gasteiger partial charge in [-0.2, -0.15) is 5.10 Å². The first-order valence-electron chi connectivity index (χ1n) is 11.9. The average molecular weight is 485 g/mol. The standard InChI is InChI=1S/C29H29FN4O2/c1-4-18-33(29(36)24-12-8-9-13-25(24)30)19-26(35)31-28-27(22-10-6-5-7-11-22)21(3)32-34(28)23-16-14-20(2)15-17-23/h5-17H,4,18-19H2,1-3H3,(H,31,35). The lowest BCUT2D eigenvalue weighted by Gasteiger charge is -2.22. The van der Waals surface area contributed by atoms with Crippen LogP contribution in [0.2, 0.25) is 0 Å². The summed E-state index contributed by atoms with van der Waals surface area (Å²) in [6.45, 7) is 5.91. The number of carbonyl (C=O) groups is 2. The van der Waals surface area contributed by atoms with Crippen LogP contribution < -0.4 is 5.32 Å². The molecule has 0 spiro atoms. The van der Waals surface area contributed by atoms with Gasteiger partial charge in [-0.15, -0.1) is 0 Å². The van der Waals surface area contributed by atoms with Gasteiger partial charge in [0.05, 0.1) is 16.9 Å². The van der Waals surface area contributed by atoms with Crippen molar-refractivity contribution >= 4 is 17.6 Å². The van der Waals surface area contributed by atoms with Gasteiger partial charge in [0, 0.05) is 12.1 Å². The highest BCUT2D eigenvalue weighted by molar-refractivity contribution is 6.01. The fraction of sp³-hybridized carbons (Fsp3) is 0.207. The largest absolute Gasteiger partial charge is 0.329 e. The van der Waals surface area contributed by atoms with Gasteiger partial charge in [0.25, 0.3) is 5.91 Å². The van der Waals surface area contributed by atoms with Crippen LogP contribution in [0.3, 0.4) is 0 Å². The number of carbonyl (C=O) groups excluding carboxylic acids is 2. The van der Waals surface area contributed by atoms with Crippen LogP contribution in [0.4, 0.5) is 10.2 Å². The first-order valence-corrected chi connectivity index (χ1v) is 11.9. The highest BCUT2D eigenvalue weighted by atomic mass is 19.1. The number of amides is 2. The zero-order chi connectivity index (χ0) is 25.7. The highest BCUT2D eigenvalue weighted by Crippen LogP contribution is 2.33. The van der Waals surface area contributed by atoms with Crippen molar-refractivity contribution in [1.82, 2.24) is 14.7 Å². The third-order valence-electron chi connectivity index (χ3n) is 5.88. The predicted molar refractivity (Wildman–Crippen MR) is 140 cm³/mol. The van der Waals surface area contributed by atoms with Crippen molar-refractivity contribution in [3.05, 3.63) is 102 Å². The Balaban J connectivity index is 1.68. The van der Waals surface area contributed by atoms with E-state index in [-0.39, 0.29) is 12.1 Å². The number of halogens is 1. The van der Waals surface area contributed by atoms with Gasteiger partial charge in [-0.25, -0.2) is 9.07 Å². The molecule has 0 atom stereocenters. The predicted octanol–water partition coefficient (Wildman–Crippen LogP) is 5.79. The van der Waals surface area contributed by atoms with Crippen LogP contribution in [-0.4, -0.2) is 39.6 Å². The number of nitrogens with zero attached hydrogens (tertiary/aromatic N) is 3. The van der Waals surface area contributed by atoms with E-state index in [1.807, 2.05) is 75.4 Å². The minimum absolute atomic E-state index is 0.0516. The van der Waals surface area contributed by atoms with Crippen LogP contribution in [-0.2, 0) is 4.79 Å². The third-order valence-corrected chi connectivity index (χ3v) is 5.88. The molecule has 0 bridgehead atoms. The van der Waals surface area contributed by atoms with Crippen LogP contribution >= 0.6 is 0 Å². The molecule has 0 radical (unpaired) electrons. The second-order valence-corrected chi connectivity index (χ2v) is 8.68. The number of aromatic nitrogens is 2. The summed E-state index contributed by atoms with van der Waals surface area (Å²) in [4.78, 5) is 27.7. The lowest BCUT2D eigenvalue weighted by Crippen LogP contribution is -2.39. The maximum absolute atomic E-state index is 14.3. The molecular weight excluding hydrogens is 455 g/mol. The molecule has 6 nitrogen and oxygen atoms in total. The minimum Gasteiger partial charge on any atom is -0.329 e. The number of hydrogen-bond acceptors (Lipinski definition) is 3. The average Bonchev–Trinajstić information content (AvgIpc) is 3.20. The van der Waals surface area contributed by atoms with E-state index in [2.05, 4.69) is 5.32 Å². The van der Waals surface area contributed by atoms with Gasteiger partial charge >= 0.3 is 0 Å². The number of hydrogen-bond donors (Lipinski definition) is 1. The molecular formula is C29H29FN4O2. The molecule has 0 aliphatic rings. The number of anilines is 1. The zero-order valence-electron chi connectivity index (χ0n) is 20.7. The summed E-state index contributed by atoms with van der Waals surface area (Å²) in [6.07, 6.45) is 0.628. The summed E-state index contributed by atoms with van der Waals surface area (Å²) in [5, 5.41) is 7.72. The van der Waals surface area contributed by atoms with Gasteiger partial charge in [-0.3, -0.25) is 9.59 Å². The van der Waals surface area contributed by atoms with Crippen LogP contribution in [0, 0.1) is 19.7 Å². The zero-order valence-corrected chi connectivity index (χ0v) is 20.7. The Labute approximate surface area is 210 Å². The van der Waals surface area contributed by atoms with Crippen molar-refractivity contribution in [3.63, 3.8) is 0 Å². The molecule has 2 amide bonds. The molecule has 0 aliphatic carbocycles. The monoisotopic (exact) mass is 484 g/mol. The first-order chi connectivity index (χ1) is 17.4. The normalized spacial score (nSPS) is 10.8. The third kappa shape index (κ3) is 5.35. The van der Waals surface area contributed by atoms with Crippen molar-refractivity contribution in [2.45, 2.75) is 27.2 Å². The molecule has 4 rings (SSSR count). The Morgan fingerprint density at radius 2 is 1.61 bits per heavy atom. The van der Waals surface area contributed by atoms with E-state index < -0.39 is 17.6 Å². The molecule has 1 heterocycles. The minimum atomic E-state index is -0.608. The fourth-order valence-electron chi connectivity index (χ4n) is 4.14.